The molecule has 4 unspecified atom stereocenters. The van der Waals surface area contributed by atoms with Crippen LogP contribution in [0.15, 0.2) is 0 Å². The Labute approximate surface area is 118 Å². The third kappa shape index (κ3) is 4.73. The van der Waals surface area contributed by atoms with Gasteiger partial charge in [-0.2, -0.15) is 0 Å². The first-order valence-electron chi connectivity index (χ1n) is 8.17. The van der Waals surface area contributed by atoms with Gasteiger partial charge in [0.15, 0.2) is 0 Å². The zero-order valence-corrected chi connectivity index (χ0v) is 12.7. The first kappa shape index (κ1) is 15.3. The zero-order chi connectivity index (χ0) is 13.7. The molecule has 1 N–H and O–H groups in total. The van der Waals surface area contributed by atoms with Crippen molar-refractivity contribution in [2.24, 2.45) is 11.8 Å². The van der Waals surface area contributed by atoms with Gasteiger partial charge in [-0.25, -0.2) is 0 Å². The average Bonchev–Trinajstić information content (AvgIpc) is 2.86. The van der Waals surface area contributed by atoms with Crippen molar-refractivity contribution in [2.45, 2.75) is 64.1 Å². The molecule has 0 aromatic rings. The summed E-state index contributed by atoms with van der Waals surface area (Å²) in [7, 11) is 2.18. The van der Waals surface area contributed by atoms with Crippen molar-refractivity contribution >= 4 is 0 Å². The van der Waals surface area contributed by atoms with Gasteiger partial charge in [0.25, 0.3) is 0 Å². The Balaban J connectivity index is 1.75. The van der Waals surface area contributed by atoms with Crippen molar-refractivity contribution in [3.63, 3.8) is 0 Å². The molecule has 1 aliphatic heterocycles. The molecular weight excluding hydrogens is 238 g/mol. The highest BCUT2D eigenvalue weighted by Crippen LogP contribution is 2.32. The molecule has 19 heavy (non-hydrogen) atoms. The molecule has 0 amide bonds. The molecule has 1 saturated carbocycles. The van der Waals surface area contributed by atoms with E-state index in [0.29, 0.717) is 12.0 Å². The second-order valence-corrected chi connectivity index (χ2v) is 6.65. The van der Waals surface area contributed by atoms with Crippen LogP contribution in [0.2, 0.25) is 0 Å². The first-order chi connectivity index (χ1) is 9.19. The van der Waals surface area contributed by atoms with Crippen LogP contribution in [0.1, 0.15) is 51.9 Å². The minimum atomic E-state index is -0.0833. The van der Waals surface area contributed by atoms with Gasteiger partial charge in [0.05, 0.1) is 12.2 Å². The summed E-state index contributed by atoms with van der Waals surface area (Å²) in [6, 6.07) is 0. The molecule has 2 fully saturated rings. The minimum Gasteiger partial charge on any atom is -0.393 e. The van der Waals surface area contributed by atoms with Gasteiger partial charge in [-0.1, -0.05) is 19.8 Å². The predicted molar refractivity (Wildman–Crippen MR) is 78.2 cm³/mol. The smallest absolute Gasteiger partial charge is 0.0702 e. The summed E-state index contributed by atoms with van der Waals surface area (Å²) >= 11 is 0. The summed E-state index contributed by atoms with van der Waals surface area (Å²) < 4.78 is 5.70. The third-order valence-electron chi connectivity index (χ3n) is 4.83. The molecule has 0 radical (unpaired) electrons. The molecule has 2 aliphatic rings. The fourth-order valence-electron chi connectivity index (χ4n) is 3.82. The van der Waals surface area contributed by atoms with Crippen LogP contribution in [0.5, 0.6) is 0 Å². The van der Waals surface area contributed by atoms with Gasteiger partial charge in [0.2, 0.25) is 0 Å². The Morgan fingerprint density at radius 3 is 2.74 bits per heavy atom. The van der Waals surface area contributed by atoms with Crippen LogP contribution < -0.4 is 0 Å². The maximum atomic E-state index is 10.2. The van der Waals surface area contributed by atoms with E-state index in [2.05, 4.69) is 18.9 Å². The lowest BCUT2D eigenvalue weighted by atomic mass is 9.77. The van der Waals surface area contributed by atoms with Crippen LogP contribution >= 0.6 is 0 Å². The molecule has 0 aromatic heterocycles. The second-order valence-electron chi connectivity index (χ2n) is 6.65. The highest BCUT2D eigenvalue weighted by molar-refractivity contribution is 4.82. The van der Waals surface area contributed by atoms with Crippen molar-refractivity contribution in [3.8, 4) is 0 Å². The predicted octanol–water partition coefficient (Wildman–Crippen LogP) is 2.67. The molecule has 0 bridgehead atoms. The van der Waals surface area contributed by atoms with Gasteiger partial charge in [-0.3, -0.25) is 0 Å². The fraction of sp³-hybridized carbons (Fsp3) is 1.00. The topological polar surface area (TPSA) is 32.7 Å². The molecule has 0 spiro atoms. The van der Waals surface area contributed by atoms with Crippen molar-refractivity contribution < 1.29 is 9.84 Å². The molecule has 2 rings (SSSR count). The lowest BCUT2D eigenvalue weighted by Crippen LogP contribution is -2.40. The van der Waals surface area contributed by atoms with E-state index in [4.69, 9.17) is 4.74 Å². The van der Waals surface area contributed by atoms with E-state index in [9.17, 15) is 5.11 Å². The maximum Gasteiger partial charge on any atom is 0.0702 e. The molecule has 1 aliphatic carbocycles. The van der Waals surface area contributed by atoms with Crippen LogP contribution in [-0.4, -0.2) is 49.0 Å². The molecule has 1 heterocycles. The number of nitrogens with zero attached hydrogens (tertiary/aromatic N) is 1. The Morgan fingerprint density at radius 1 is 1.21 bits per heavy atom. The van der Waals surface area contributed by atoms with Crippen molar-refractivity contribution in [3.05, 3.63) is 0 Å². The Hall–Kier alpha value is -0.120. The monoisotopic (exact) mass is 269 g/mol. The third-order valence-corrected chi connectivity index (χ3v) is 4.83. The lowest BCUT2D eigenvalue weighted by molar-refractivity contribution is 0.0179. The van der Waals surface area contributed by atoms with E-state index < -0.39 is 0 Å². The normalized spacial score (nSPS) is 36.0. The van der Waals surface area contributed by atoms with E-state index in [1.807, 2.05) is 0 Å². The summed E-state index contributed by atoms with van der Waals surface area (Å²) in [4.78, 5) is 2.37. The van der Waals surface area contributed by atoms with E-state index in [0.717, 1.165) is 32.0 Å². The summed E-state index contributed by atoms with van der Waals surface area (Å²) in [5.74, 6) is 1.31. The largest absolute Gasteiger partial charge is 0.393 e. The summed E-state index contributed by atoms with van der Waals surface area (Å²) in [5, 5.41) is 10.2. The van der Waals surface area contributed by atoms with Crippen molar-refractivity contribution in [1.82, 2.24) is 4.90 Å². The Kier molecular flexibility index (Phi) is 6.11. The summed E-state index contributed by atoms with van der Waals surface area (Å²) in [6.45, 7) is 5.26. The highest BCUT2D eigenvalue weighted by atomic mass is 16.5. The quantitative estimate of drug-likeness (QED) is 0.804. The van der Waals surface area contributed by atoms with E-state index in [1.54, 1.807) is 0 Å². The number of ether oxygens (including phenoxy) is 1. The number of rotatable bonds is 6. The molecule has 112 valence electrons. The van der Waals surface area contributed by atoms with Gasteiger partial charge >= 0.3 is 0 Å². The molecule has 4 atom stereocenters. The minimum absolute atomic E-state index is 0.0833. The number of hydrogen-bond acceptors (Lipinski definition) is 3. The average molecular weight is 269 g/mol. The summed E-state index contributed by atoms with van der Waals surface area (Å²) in [6.07, 6.45) is 8.81. The van der Waals surface area contributed by atoms with Crippen LogP contribution in [0.3, 0.4) is 0 Å². The summed E-state index contributed by atoms with van der Waals surface area (Å²) in [5.41, 5.74) is 0. The van der Waals surface area contributed by atoms with Crippen molar-refractivity contribution in [1.29, 1.82) is 0 Å². The van der Waals surface area contributed by atoms with E-state index in [-0.39, 0.29) is 6.10 Å². The van der Waals surface area contributed by atoms with E-state index in [1.165, 1.54) is 38.5 Å². The van der Waals surface area contributed by atoms with Gasteiger partial charge in [0, 0.05) is 19.7 Å². The van der Waals surface area contributed by atoms with Gasteiger partial charge in [0.1, 0.15) is 0 Å². The van der Waals surface area contributed by atoms with Crippen LogP contribution in [0, 0.1) is 11.8 Å². The number of likely N-dealkylation sites (N-methyl/N-ethyl adjacent to an activating group) is 1. The number of hydrogen-bond donors (Lipinski definition) is 1. The highest BCUT2D eigenvalue weighted by Gasteiger charge is 2.30. The molecule has 0 aromatic carbocycles. The fourth-order valence-corrected chi connectivity index (χ4v) is 3.82. The lowest BCUT2D eigenvalue weighted by Gasteiger charge is -2.36. The zero-order valence-electron chi connectivity index (χ0n) is 12.7. The first-order valence-corrected chi connectivity index (χ1v) is 8.17. The molecule has 3 heteroatoms. The van der Waals surface area contributed by atoms with E-state index >= 15 is 0 Å². The van der Waals surface area contributed by atoms with Gasteiger partial charge in [-0.05, 0) is 51.0 Å². The Bertz CT molecular complexity index is 253. The Morgan fingerprint density at radius 2 is 2.05 bits per heavy atom. The number of aliphatic hydroxyl groups excluding tert-OH is 1. The molecule has 3 nitrogen and oxygen atoms in total. The molecule has 1 saturated heterocycles. The standard InChI is InChI=1S/C16H31NO2/c1-3-5-13-7-8-16(18)14(10-13)11-17(2)12-15-6-4-9-19-15/h13-16,18H,3-12H2,1-2H3. The van der Waals surface area contributed by atoms with Gasteiger partial charge in [-0.15, -0.1) is 0 Å². The number of aliphatic hydroxyl groups is 1. The molecular formula is C16H31NO2. The van der Waals surface area contributed by atoms with Gasteiger partial charge < -0.3 is 14.7 Å². The maximum absolute atomic E-state index is 10.2. The second kappa shape index (κ2) is 7.61. The van der Waals surface area contributed by atoms with Crippen LogP contribution in [-0.2, 0) is 4.74 Å². The SMILES string of the molecule is CCCC1CCC(O)C(CN(C)CC2CCCO2)C1. The van der Waals surface area contributed by atoms with Crippen molar-refractivity contribution in [2.75, 3.05) is 26.7 Å². The van der Waals surface area contributed by atoms with Crippen LogP contribution in [0.4, 0.5) is 0 Å². The van der Waals surface area contributed by atoms with Crippen LogP contribution in [0.25, 0.3) is 0 Å².